The summed E-state index contributed by atoms with van der Waals surface area (Å²) in [6.07, 6.45) is 0. The molecule has 1 N–H and O–H groups in total. The Balaban J connectivity index is 2.04. The summed E-state index contributed by atoms with van der Waals surface area (Å²) in [7, 11) is 1.66. The van der Waals surface area contributed by atoms with Crippen molar-refractivity contribution in [1.82, 2.24) is 4.98 Å². The second-order valence-corrected chi connectivity index (χ2v) is 5.25. The molecule has 0 saturated heterocycles. The van der Waals surface area contributed by atoms with Crippen LogP contribution in [-0.2, 0) is 0 Å². The van der Waals surface area contributed by atoms with E-state index >= 15 is 0 Å². The molecule has 0 aliphatic carbocycles. The first-order valence-electron chi connectivity index (χ1n) is 7.63. The SMILES string of the molecule is COc1ccccc1C(Nc1cccc(C#N)n1)c1ccccc1. The highest BCUT2D eigenvalue weighted by Gasteiger charge is 2.18. The zero-order valence-corrected chi connectivity index (χ0v) is 13.3. The van der Waals surface area contributed by atoms with E-state index in [1.807, 2.05) is 54.6 Å². The molecule has 0 saturated carbocycles. The molecule has 1 heterocycles. The van der Waals surface area contributed by atoms with E-state index in [-0.39, 0.29) is 6.04 Å². The van der Waals surface area contributed by atoms with Crippen LogP contribution in [0, 0.1) is 11.3 Å². The van der Waals surface area contributed by atoms with Crippen LogP contribution in [-0.4, -0.2) is 12.1 Å². The molecule has 3 aromatic rings. The van der Waals surface area contributed by atoms with Crippen LogP contribution < -0.4 is 10.1 Å². The minimum absolute atomic E-state index is 0.135. The predicted molar refractivity (Wildman–Crippen MR) is 93.9 cm³/mol. The molecule has 1 unspecified atom stereocenters. The van der Waals surface area contributed by atoms with Gasteiger partial charge in [0, 0.05) is 5.56 Å². The van der Waals surface area contributed by atoms with Crippen LogP contribution in [0.2, 0.25) is 0 Å². The standard InChI is InChI=1S/C20H17N3O/c1-24-18-12-6-5-11-17(18)20(15-8-3-2-4-9-15)23-19-13-7-10-16(14-21)22-19/h2-13,20H,1H3,(H,22,23). The molecule has 0 aliphatic rings. The number of hydrogen-bond donors (Lipinski definition) is 1. The number of aromatic nitrogens is 1. The summed E-state index contributed by atoms with van der Waals surface area (Å²) >= 11 is 0. The fourth-order valence-electron chi connectivity index (χ4n) is 2.62. The molecule has 0 bridgehead atoms. The van der Waals surface area contributed by atoms with Crippen LogP contribution in [0.15, 0.2) is 72.8 Å². The number of para-hydroxylation sites is 1. The molecule has 4 heteroatoms. The highest BCUT2D eigenvalue weighted by atomic mass is 16.5. The summed E-state index contributed by atoms with van der Waals surface area (Å²) in [5.41, 5.74) is 2.48. The highest BCUT2D eigenvalue weighted by Crippen LogP contribution is 2.32. The van der Waals surface area contributed by atoms with Gasteiger partial charge in [-0.3, -0.25) is 0 Å². The Morgan fingerprint density at radius 3 is 2.46 bits per heavy atom. The zero-order valence-electron chi connectivity index (χ0n) is 13.3. The van der Waals surface area contributed by atoms with Crippen LogP contribution in [0.3, 0.4) is 0 Å². The lowest BCUT2D eigenvalue weighted by Crippen LogP contribution is -2.14. The van der Waals surface area contributed by atoms with E-state index < -0.39 is 0 Å². The van der Waals surface area contributed by atoms with Crippen LogP contribution in [0.1, 0.15) is 22.9 Å². The monoisotopic (exact) mass is 315 g/mol. The topological polar surface area (TPSA) is 57.9 Å². The van der Waals surface area contributed by atoms with E-state index in [9.17, 15) is 0 Å². The van der Waals surface area contributed by atoms with Crippen LogP contribution >= 0.6 is 0 Å². The van der Waals surface area contributed by atoms with Crippen LogP contribution in [0.5, 0.6) is 5.75 Å². The number of rotatable bonds is 5. The normalized spacial score (nSPS) is 11.3. The molecular formula is C20H17N3O. The van der Waals surface area contributed by atoms with Gasteiger partial charge in [-0.1, -0.05) is 54.6 Å². The van der Waals surface area contributed by atoms with Gasteiger partial charge >= 0.3 is 0 Å². The van der Waals surface area contributed by atoms with E-state index in [4.69, 9.17) is 10.00 Å². The smallest absolute Gasteiger partial charge is 0.142 e. The highest BCUT2D eigenvalue weighted by molar-refractivity contribution is 5.49. The van der Waals surface area contributed by atoms with Gasteiger partial charge in [-0.15, -0.1) is 0 Å². The molecule has 0 amide bonds. The number of ether oxygens (including phenoxy) is 1. The number of hydrogen-bond acceptors (Lipinski definition) is 4. The summed E-state index contributed by atoms with van der Waals surface area (Å²) in [6.45, 7) is 0. The van der Waals surface area contributed by atoms with Crippen molar-refractivity contribution in [2.24, 2.45) is 0 Å². The number of nitrogens with one attached hydrogen (secondary N) is 1. The average molecular weight is 315 g/mol. The van der Waals surface area contributed by atoms with E-state index in [0.29, 0.717) is 11.5 Å². The van der Waals surface area contributed by atoms with Gasteiger partial charge in [-0.05, 0) is 23.8 Å². The maximum Gasteiger partial charge on any atom is 0.142 e. The third kappa shape index (κ3) is 3.36. The van der Waals surface area contributed by atoms with Crippen molar-refractivity contribution in [3.8, 4) is 11.8 Å². The molecule has 1 aromatic heterocycles. The molecule has 0 spiro atoms. The minimum atomic E-state index is -0.135. The molecule has 24 heavy (non-hydrogen) atoms. The molecule has 118 valence electrons. The van der Waals surface area contributed by atoms with Gasteiger partial charge in [0.1, 0.15) is 23.3 Å². The first-order chi connectivity index (χ1) is 11.8. The maximum atomic E-state index is 9.05. The Kier molecular flexibility index (Phi) is 4.73. The van der Waals surface area contributed by atoms with Gasteiger partial charge in [0.15, 0.2) is 0 Å². The van der Waals surface area contributed by atoms with E-state index in [1.54, 1.807) is 13.2 Å². The Morgan fingerprint density at radius 2 is 1.71 bits per heavy atom. The van der Waals surface area contributed by atoms with Crippen LogP contribution in [0.25, 0.3) is 0 Å². The maximum absolute atomic E-state index is 9.05. The molecule has 0 aliphatic heterocycles. The third-order valence-corrected chi connectivity index (χ3v) is 3.74. The molecule has 2 aromatic carbocycles. The molecule has 4 nitrogen and oxygen atoms in total. The van der Waals surface area contributed by atoms with Crippen molar-refractivity contribution in [3.63, 3.8) is 0 Å². The lowest BCUT2D eigenvalue weighted by Gasteiger charge is -2.22. The Morgan fingerprint density at radius 1 is 0.958 bits per heavy atom. The number of pyridine rings is 1. The Bertz CT molecular complexity index is 856. The number of methoxy groups -OCH3 is 1. The molecule has 0 fully saturated rings. The summed E-state index contributed by atoms with van der Waals surface area (Å²) in [5, 5.41) is 12.5. The van der Waals surface area contributed by atoms with Gasteiger partial charge in [0.25, 0.3) is 0 Å². The van der Waals surface area contributed by atoms with Crippen molar-refractivity contribution >= 4 is 5.82 Å². The summed E-state index contributed by atoms with van der Waals surface area (Å²) in [5.74, 6) is 1.45. The summed E-state index contributed by atoms with van der Waals surface area (Å²) < 4.78 is 5.52. The fourth-order valence-corrected chi connectivity index (χ4v) is 2.62. The first-order valence-corrected chi connectivity index (χ1v) is 7.63. The van der Waals surface area contributed by atoms with Crippen molar-refractivity contribution < 1.29 is 4.74 Å². The summed E-state index contributed by atoms with van der Waals surface area (Å²) in [6, 6.07) is 25.3. The fraction of sp³-hybridized carbons (Fsp3) is 0.100. The number of anilines is 1. The van der Waals surface area contributed by atoms with Gasteiger partial charge < -0.3 is 10.1 Å². The molecule has 1 atom stereocenters. The van der Waals surface area contributed by atoms with Crippen molar-refractivity contribution in [3.05, 3.63) is 89.6 Å². The van der Waals surface area contributed by atoms with Gasteiger partial charge in [-0.25, -0.2) is 4.98 Å². The Labute approximate surface area is 141 Å². The van der Waals surface area contributed by atoms with Crippen molar-refractivity contribution in [1.29, 1.82) is 5.26 Å². The lowest BCUT2D eigenvalue weighted by molar-refractivity contribution is 0.408. The first kappa shape index (κ1) is 15.6. The molecular weight excluding hydrogens is 298 g/mol. The predicted octanol–water partition coefficient (Wildman–Crippen LogP) is 4.16. The van der Waals surface area contributed by atoms with E-state index in [1.165, 1.54) is 0 Å². The average Bonchev–Trinajstić information content (AvgIpc) is 2.67. The second-order valence-electron chi connectivity index (χ2n) is 5.25. The number of nitrogens with zero attached hydrogens (tertiary/aromatic N) is 2. The zero-order chi connectivity index (χ0) is 16.8. The largest absolute Gasteiger partial charge is 0.496 e. The van der Waals surface area contributed by atoms with E-state index in [0.717, 1.165) is 16.9 Å². The molecule has 0 radical (unpaired) electrons. The van der Waals surface area contributed by atoms with Crippen LogP contribution in [0.4, 0.5) is 5.82 Å². The summed E-state index contributed by atoms with van der Waals surface area (Å²) in [4.78, 5) is 4.32. The second kappa shape index (κ2) is 7.30. The number of nitriles is 1. The quantitative estimate of drug-likeness (QED) is 0.768. The van der Waals surface area contributed by atoms with Gasteiger partial charge in [-0.2, -0.15) is 5.26 Å². The van der Waals surface area contributed by atoms with E-state index in [2.05, 4.69) is 28.5 Å². The van der Waals surface area contributed by atoms with Crippen molar-refractivity contribution in [2.45, 2.75) is 6.04 Å². The van der Waals surface area contributed by atoms with Crippen molar-refractivity contribution in [2.75, 3.05) is 12.4 Å². The minimum Gasteiger partial charge on any atom is -0.496 e. The molecule has 3 rings (SSSR count). The number of benzene rings is 2. The third-order valence-electron chi connectivity index (χ3n) is 3.74. The van der Waals surface area contributed by atoms with Gasteiger partial charge in [0.2, 0.25) is 0 Å². The Hall–Kier alpha value is -3.32. The van der Waals surface area contributed by atoms with Gasteiger partial charge in [0.05, 0.1) is 13.2 Å². The lowest BCUT2D eigenvalue weighted by atomic mass is 9.97.